The minimum Gasteiger partial charge on any atom is -0.486 e. The molecule has 4 nitrogen and oxygen atoms in total. The maximum Gasteiger partial charge on any atom is 0.161 e. The molecule has 0 spiro atoms. The Kier molecular flexibility index (Phi) is 4.91. The summed E-state index contributed by atoms with van der Waals surface area (Å²) in [5, 5.41) is 4.61. The summed E-state index contributed by atoms with van der Waals surface area (Å²) in [6.45, 7) is 4.31. The van der Waals surface area contributed by atoms with Crippen molar-refractivity contribution < 1.29 is 9.47 Å². The molecule has 1 aromatic carbocycles. The van der Waals surface area contributed by atoms with Gasteiger partial charge in [-0.3, -0.25) is 4.99 Å². The highest BCUT2D eigenvalue weighted by molar-refractivity contribution is 8.13. The van der Waals surface area contributed by atoms with Crippen LogP contribution < -0.4 is 14.8 Å². The van der Waals surface area contributed by atoms with Crippen LogP contribution in [0.5, 0.6) is 11.5 Å². The molecule has 1 N–H and O–H groups in total. The molecule has 0 bridgehead atoms. The molecule has 2 aliphatic heterocycles. The molecule has 0 saturated carbocycles. The van der Waals surface area contributed by atoms with Crippen molar-refractivity contribution in [3.8, 4) is 11.5 Å². The second kappa shape index (κ2) is 7.07. The Morgan fingerprint density at radius 1 is 1.29 bits per heavy atom. The third-order valence-electron chi connectivity index (χ3n) is 3.79. The van der Waals surface area contributed by atoms with Gasteiger partial charge in [-0.1, -0.05) is 24.8 Å². The maximum atomic E-state index is 5.61. The number of fused-ring (bicyclic) bond motifs is 1. The topological polar surface area (TPSA) is 42.9 Å². The first-order valence-electron chi connectivity index (χ1n) is 7.67. The summed E-state index contributed by atoms with van der Waals surface area (Å²) in [5.74, 6) is 2.89. The minimum atomic E-state index is 0.597. The van der Waals surface area contributed by atoms with Crippen LogP contribution in [0.4, 0.5) is 0 Å². The largest absolute Gasteiger partial charge is 0.486 e. The van der Waals surface area contributed by atoms with Gasteiger partial charge in [0, 0.05) is 18.3 Å². The zero-order valence-corrected chi connectivity index (χ0v) is 13.2. The van der Waals surface area contributed by atoms with Gasteiger partial charge in [0.2, 0.25) is 0 Å². The van der Waals surface area contributed by atoms with Gasteiger partial charge in [-0.15, -0.1) is 0 Å². The second-order valence-corrected chi connectivity index (χ2v) is 6.39. The molecule has 5 heteroatoms. The van der Waals surface area contributed by atoms with Crippen LogP contribution in [-0.4, -0.2) is 36.7 Å². The van der Waals surface area contributed by atoms with Crippen molar-refractivity contribution in [1.29, 1.82) is 0 Å². The van der Waals surface area contributed by atoms with E-state index in [0.717, 1.165) is 29.6 Å². The van der Waals surface area contributed by atoms with Crippen LogP contribution >= 0.6 is 11.8 Å². The number of hydrogen-bond acceptors (Lipinski definition) is 4. The fraction of sp³-hybridized carbons (Fsp3) is 0.562. The number of rotatable bonds is 4. The molecule has 3 rings (SSSR count). The van der Waals surface area contributed by atoms with Gasteiger partial charge in [-0.2, -0.15) is 0 Å². The Hall–Kier alpha value is -1.36. The van der Waals surface area contributed by atoms with E-state index in [9.17, 15) is 0 Å². The molecule has 0 radical (unpaired) electrons. The molecular weight excluding hydrogens is 284 g/mol. The van der Waals surface area contributed by atoms with Crippen molar-refractivity contribution in [2.24, 2.45) is 4.99 Å². The SMILES string of the molecule is CCC1CCSC(=NCCc2ccc3c(c2)OCCO3)N1. The quantitative estimate of drug-likeness (QED) is 0.929. The molecule has 0 aliphatic carbocycles. The fourth-order valence-corrected chi connectivity index (χ4v) is 3.54. The fourth-order valence-electron chi connectivity index (χ4n) is 2.51. The lowest BCUT2D eigenvalue weighted by molar-refractivity contribution is 0.171. The van der Waals surface area contributed by atoms with Gasteiger partial charge in [0.1, 0.15) is 13.2 Å². The molecule has 21 heavy (non-hydrogen) atoms. The van der Waals surface area contributed by atoms with Crippen LogP contribution in [0.15, 0.2) is 23.2 Å². The average molecular weight is 306 g/mol. The molecule has 114 valence electrons. The zero-order valence-electron chi connectivity index (χ0n) is 12.4. The number of thioether (sulfide) groups is 1. The number of aliphatic imine (C=N–C) groups is 1. The van der Waals surface area contributed by atoms with Crippen LogP contribution in [0.2, 0.25) is 0 Å². The van der Waals surface area contributed by atoms with Crippen molar-refractivity contribution in [2.45, 2.75) is 32.2 Å². The highest BCUT2D eigenvalue weighted by Crippen LogP contribution is 2.30. The van der Waals surface area contributed by atoms with Crippen molar-refractivity contribution >= 4 is 16.9 Å². The van der Waals surface area contributed by atoms with E-state index in [4.69, 9.17) is 9.47 Å². The first kappa shape index (κ1) is 14.6. The van der Waals surface area contributed by atoms with Crippen LogP contribution in [-0.2, 0) is 6.42 Å². The van der Waals surface area contributed by atoms with Gasteiger partial charge >= 0.3 is 0 Å². The Balaban J connectivity index is 1.55. The molecule has 0 aromatic heterocycles. The van der Waals surface area contributed by atoms with Crippen LogP contribution in [0, 0.1) is 0 Å². The molecule has 2 heterocycles. The number of nitrogens with zero attached hydrogens (tertiary/aromatic N) is 1. The van der Waals surface area contributed by atoms with E-state index in [1.165, 1.54) is 24.2 Å². The zero-order chi connectivity index (χ0) is 14.5. The molecule has 1 atom stereocenters. The van der Waals surface area contributed by atoms with Gasteiger partial charge in [0.05, 0.1) is 0 Å². The lowest BCUT2D eigenvalue weighted by Crippen LogP contribution is -2.37. The van der Waals surface area contributed by atoms with Gasteiger partial charge in [0.25, 0.3) is 0 Å². The van der Waals surface area contributed by atoms with E-state index < -0.39 is 0 Å². The predicted molar refractivity (Wildman–Crippen MR) is 87.7 cm³/mol. The van der Waals surface area contributed by atoms with Crippen LogP contribution in [0.1, 0.15) is 25.3 Å². The van der Waals surface area contributed by atoms with Crippen molar-refractivity contribution in [3.05, 3.63) is 23.8 Å². The molecule has 2 aliphatic rings. The Labute approximate surface area is 130 Å². The normalized spacial score (nSPS) is 22.9. The average Bonchev–Trinajstić information content (AvgIpc) is 2.55. The Morgan fingerprint density at radius 2 is 2.14 bits per heavy atom. The third-order valence-corrected chi connectivity index (χ3v) is 4.75. The van der Waals surface area contributed by atoms with Crippen LogP contribution in [0.25, 0.3) is 0 Å². The van der Waals surface area contributed by atoms with E-state index in [1.807, 2.05) is 17.8 Å². The highest BCUT2D eigenvalue weighted by atomic mass is 32.2. The Morgan fingerprint density at radius 3 is 3.00 bits per heavy atom. The summed E-state index contributed by atoms with van der Waals surface area (Å²) in [6, 6.07) is 6.77. The van der Waals surface area contributed by atoms with Crippen LogP contribution in [0.3, 0.4) is 0 Å². The number of hydrogen-bond donors (Lipinski definition) is 1. The number of nitrogens with one attached hydrogen (secondary N) is 1. The van der Waals surface area contributed by atoms with Gasteiger partial charge in [-0.25, -0.2) is 0 Å². The first-order chi connectivity index (χ1) is 10.3. The summed E-state index contributed by atoms with van der Waals surface area (Å²) in [7, 11) is 0. The smallest absolute Gasteiger partial charge is 0.161 e. The summed E-state index contributed by atoms with van der Waals surface area (Å²) in [4.78, 5) is 4.69. The third kappa shape index (κ3) is 3.84. The molecule has 1 aromatic rings. The molecule has 1 fully saturated rings. The van der Waals surface area contributed by atoms with E-state index >= 15 is 0 Å². The molecule has 0 amide bonds. The standard InChI is InChI=1S/C16H22N2O2S/c1-2-13-6-10-21-16(18-13)17-7-5-12-3-4-14-15(11-12)20-9-8-19-14/h3-4,11,13H,2,5-10H2,1H3,(H,17,18). The maximum absolute atomic E-state index is 5.61. The monoisotopic (exact) mass is 306 g/mol. The summed E-state index contributed by atoms with van der Waals surface area (Å²) >= 11 is 1.83. The summed E-state index contributed by atoms with van der Waals surface area (Å²) in [5.41, 5.74) is 1.25. The Bertz CT molecular complexity index is 519. The number of benzene rings is 1. The van der Waals surface area contributed by atoms with Crippen molar-refractivity contribution in [1.82, 2.24) is 5.32 Å². The lowest BCUT2D eigenvalue weighted by atomic mass is 10.1. The number of amidine groups is 1. The lowest BCUT2D eigenvalue weighted by Gasteiger charge is -2.24. The molecule has 1 unspecified atom stereocenters. The highest BCUT2D eigenvalue weighted by Gasteiger charge is 2.15. The summed E-state index contributed by atoms with van der Waals surface area (Å²) in [6.07, 6.45) is 3.34. The van der Waals surface area contributed by atoms with Gasteiger partial charge in [0.15, 0.2) is 16.7 Å². The number of ether oxygens (including phenoxy) is 2. The second-order valence-electron chi connectivity index (χ2n) is 5.30. The van der Waals surface area contributed by atoms with Gasteiger partial charge < -0.3 is 14.8 Å². The minimum absolute atomic E-state index is 0.597. The van der Waals surface area contributed by atoms with Crippen molar-refractivity contribution in [3.63, 3.8) is 0 Å². The summed E-state index contributed by atoms with van der Waals surface area (Å²) < 4.78 is 11.1. The van der Waals surface area contributed by atoms with Crippen molar-refractivity contribution in [2.75, 3.05) is 25.5 Å². The first-order valence-corrected chi connectivity index (χ1v) is 8.66. The molecule has 1 saturated heterocycles. The van der Waals surface area contributed by atoms with E-state index in [1.54, 1.807) is 0 Å². The van der Waals surface area contributed by atoms with E-state index in [-0.39, 0.29) is 0 Å². The van der Waals surface area contributed by atoms with E-state index in [2.05, 4.69) is 29.4 Å². The van der Waals surface area contributed by atoms with E-state index in [0.29, 0.717) is 19.3 Å². The molecular formula is C16H22N2O2S. The van der Waals surface area contributed by atoms with Gasteiger partial charge in [-0.05, 0) is 37.0 Å². The predicted octanol–water partition coefficient (Wildman–Crippen LogP) is 2.86.